The molecule has 1 fully saturated rings. The normalized spacial score (nSPS) is 19.6. The number of aromatic nitrogens is 3. The smallest absolute Gasteiger partial charge is 0.354 e. The molecule has 1 aliphatic rings. The highest BCUT2D eigenvalue weighted by Gasteiger charge is 2.37. The molecule has 4 nitrogen and oxygen atoms in total. The SMILES string of the molecule is FC(F)(F)c1cccnc1N1CCC(n2cccn2)C1. The molecule has 1 unspecified atom stereocenters. The van der Waals surface area contributed by atoms with Crippen molar-refractivity contribution >= 4 is 5.82 Å². The average molecular weight is 282 g/mol. The Hall–Kier alpha value is -2.05. The molecule has 0 aliphatic carbocycles. The van der Waals surface area contributed by atoms with Gasteiger partial charge in [-0.1, -0.05) is 0 Å². The Bertz CT molecular complexity index is 580. The fourth-order valence-electron chi connectivity index (χ4n) is 2.52. The third-order valence-electron chi connectivity index (χ3n) is 3.45. The predicted molar refractivity (Wildman–Crippen MR) is 67.3 cm³/mol. The van der Waals surface area contributed by atoms with Crippen LogP contribution in [-0.2, 0) is 6.18 Å². The van der Waals surface area contributed by atoms with E-state index in [1.54, 1.807) is 15.8 Å². The number of rotatable bonds is 2. The molecule has 1 atom stereocenters. The third kappa shape index (κ3) is 2.35. The van der Waals surface area contributed by atoms with Crippen LogP contribution in [0, 0.1) is 0 Å². The minimum absolute atomic E-state index is 0.00894. The van der Waals surface area contributed by atoms with Gasteiger partial charge in [-0.25, -0.2) is 4.98 Å². The zero-order chi connectivity index (χ0) is 14.2. The molecule has 2 aromatic rings. The van der Waals surface area contributed by atoms with Crippen LogP contribution in [0.3, 0.4) is 0 Å². The van der Waals surface area contributed by atoms with Gasteiger partial charge in [-0.15, -0.1) is 0 Å². The van der Waals surface area contributed by atoms with Gasteiger partial charge in [0.2, 0.25) is 0 Å². The topological polar surface area (TPSA) is 34.0 Å². The molecular formula is C13H13F3N4. The predicted octanol–water partition coefficient (Wildman–Crippen LogP) is 2.75. The van der Waals surface area contributed by atoms with E-state index in [4.69, 9.17) is 0 Å². The highest BCUT2D eigenvalue weighted by Crippen LogP contribution is 2.37. The molecule has 0 aromatic carbocycles. The van der Waals surface area contributed by atoms with Crippen molar-refractivity contribution in [2.24, 2.45) is 0 Å². The molecule has 0 amide bonds. The van der Waals surface area contributed by atoms with Crippen LogP contribution in [0.2, 0.25) is 0 Å². The quantitative estimate of drug-likeness (QED) is 0.849. The zero-order valence-corrected chi connectivity index (χ0v) is 10.6. The fourth-order valence-corrected chi connectivity index (χ4v) is 2.52. The monoisotopic (exact) mass is 282 g/mol. The summed E-state index contributed by atoms with van der Waals surface area (Å²) in [5, 5.41) is 4.14. The van der Waals surface area contributed by atoms with Crippen molar-refractivity contribution in [1.29, 1.82) is 0 Å². The molecule has 1 saturated heterocycles. The van der Waals surface area contributed by atoms with Gasteiger partial charge >= 0.3 is 6.18 Å². The lowest BCUT2D eigenvalue weighted by atomic mass is 10.2. The number of nitrogens with zero attached hydrogens (tertiary/aromatic N) is 4. The Morgan fingerprint density at radius 2 is 2.05 bits per heavy atom. The lowest BCUT2D eigenvalue weighted by molar-refractivity contribution is -0.137. The van der Waals surface area contributed by atoms with Crippen LogP contribution in [0.5, 0.6) is 0 Å². The second-order valence-electron chi connectivity index (χ2n) is 4.75. The van der Waals surface area contributed by atoms with Gasteiger partial charge in [0.15, 0.2) is 0 Å². The van der Waals surface area contributed by atoms with Gasteiger partial charge < -0.3 is 4.90 Å². The Morgan fingerprint density at radius 3 is 2.75 bits per heavy atom. The van der Waals surface area contributed by atoms with E-state index in [1.807, 2.05) is 12.3 Å². The number of hydrogen-bond donors (Lipinski definition) is 0. The molecule has 0 radical (unpaired) electrons. The van der Waals surface area contributed by atoms with E-state index in [9.17, 15) is 13.2 Å². The van der Waals surface area contributed by atoms with Crippen LogP contribution >= 0.6 is 0 Å². The van der Waals surface area contributed by atoms with E-state index in [0.717, 1.165) is 12.5 Å². The summed E-state index contributed by atoms with van der Waals surface area (Å²) in [6, 6.07) is 4.29. The molecule has 1 aliphatic heterocycles. The molecule has 3 rings (SSSR count). The van der Waals surface area contributed by atoms with Gasteiger partial charge in [-0.3, -0.25) is 4.68 Å². The van der Waals surface area contributed by atoms with Crippen LogP contribution in [0.15, 0.2) is 36.8 Å². The third-order valence-corrected chi connectivity index (χ3v) is 3.45. The number of alkyl halides is 3. The second kappa shape index (κ2) is 4.81. The second-order valence-corrected chi connectivity index (χ2v) is 4.75. The molecule has 0 saturated carbocycles. The molecule has 20 heavy (non-hydrogen) atoms. The highest BCUT2D eigenvalue weighted by atomic mass is 19.4. The standard InChI is InChI=1S/C13H13F3N4/c14-13(15,16)11-3-1-5-17-12(11)19-8-4-10(9-19)20-7-2-6-18-20/h1-3,5-7,10H,4,8-9H2. The summed E-state index contributed by atoms with van der Waals surface area (Å²) in [6.45, 7) is 1.03. The largest absolute Gasteiger partial charge is 0.419 e. The van der Waals surface area contributed by atoms with Gasteiger partial charge in [0.1, 0.15) is 5.82 Å². The van der Waals surface area contributed by atoms with E-state index in [1.165, 1.54) is 12.3 Å². The van der Waals surface area contributed by atoms with E-state index in [0.29, 0.717) is 13.1 Å². The van der Waals surface area contributed by atoms with Crippen molar-refractivity contribution in [3.8, 4) is 0 Å². The van der Waals surface area contributed by atoms with Crippen molar-refractivity contribution in [1.82, 2.24) is 14.8 Å². The minimum Gasteiger partial charge on any atom is -0.354 e. The molecule has 106 valence electrons. The van der Waals surface area contributed by atoms with Gasteiger partial charge in [0.05, 0.1) is 11.6 Å². The van der Waals surface area contributed by atoms with Gasteiger partial charge in [-0.2, -0.15) is 18.3 Å². The maximum Gasteiger partial charge on any atom is 0.419 e. The van der Waals surface area contributed by atoms with Gasteiger partial charge in [0.25, 0.3) is 0 Å². The van der Waals surface area contributed by atoms with Crippen LogP contribution in [0.25, 0.3) is 0 Å². The van der Waals surface area contributed by atoms with Crippen LogP contribution in [0.1, 0.15) is 18.0 Å². The van der Waals surface area contributed by atoms with E-state index < -0.39 is 11.7 Å². The first-order valence-electron chi connectivity index (χ1n) is 6.32. The Morgan fingerprint density at radius 1 is 1.20 bits per heavy atom. The van der Waals surface area contributed by atoms with Crippen molar-refractivity contribution < 1.29 is 13.2 Å². The van der Waals surface area contributed by atoms with Crippen molar-refractivity contribution in [3.63, 3.8) is 0 Å². The summed E-state index contributed by atoms with van der Waals surface area (Å²) in [4.78, 5) is 5.59. The van der Waals surface area contributed by atoms with E-state index in [-0.39, 0.29) is 11.9 Å². The van der Waals surface area contributed by atoms with Crippen molar-refractivity contribution in [3.05, 3.63) is 42.4 Å². The van der Waals surface area contributed by atoms with Crippen LogP contribution < -0.4 is 4.90 Å². The number of anilines is 1. The average Bonchev–Trinajstić information content (AvgIpc) is 3.09. The first kappa shape index (κ1) is 13.0. The molecule has 3 heterocycles. The summed E-state index contributed by atoms with van der Waals surface area (Å²) >= 11 is 0. The zero-order valence-electron chi connectivity index (χ0n) is 10.6. The molecule has 0 spiro atoms. The molecule has 0 bridgehead atoms. The Labute approximate surface area is 113 Å². The fraction of sp³-hybridized carbons (Fsp3) is 0.385. The van der Waals surface area contributed by atoms with Crippen molar-refractivity contribution in [2.45, 2.75) is 18.6 Å². The van der Waals surface area contributed by atoms with Crippen LogP contribution in [0.4, 0.5) is 19.0 Å². The minimum atomic E-state index is -4.38. The first-order valence-corrected chi connectivity index (χ1v) is 6.32. The lowest BCUT2D eigenvalue weighted by Crippen LogP contribution is -2.25. The lowest BCUT2D eigenvalue weighted by Gasteiger charge is -2.21. The highest BCUT2D eigenvalue weighted by molar-refractivity contribution is 5.49. The molecule has 7 heteroatoms. The number of pyridine rings is 1. The summed E-state index contributed by atoms with van der Waals surface area (Å²) in [6.07, 6.45) is 1.27. The maximum atomic E-state index is 13.0. The summed E-state index contributed by atoms with van der Waals surface area (Å²) < 4.78 is 40.8. The maximum absolute atomic E-state index is 13.0. The number of hydrogen-bond acceptors (Lipinski definition) is 3. The first-order chi connectivity index (χ1) is 9.55. The Balaban J connectivity index is 1.85. The van der Waals surface area contributed by atoms with Gasteiger partial charge in [0, 0.05) is 31.7 Å². The molecular weight excluding hydrogens is 269 g/mol. The Kier molecular flexibility index (Phi) is 3.11. The summed E-state index contributed by atoms with van der Waals surface area (Å²) in [5.74, 6) is 0.00894. The molecule has 0 N–H and O–H groups in total. The van der Waals surface area contributed by atoms with E-state index in [2.05, 4.69) is 10.1 Å². The summed E-state index contributed by atoms with van der Waals surface area (Å²) in [7, 11) is 0. The summed E-state index contributed by atoms with van der Waals surface area (Å²) in [5.41, 5.74) is -0.680. The van der Waals surface area contributed by atoms with Gasteiger partial charge in [-0.05, 0) is 24.6 Å². The molecule has 2 aromatic heterocycles. The van der Waals surface area contributed by atoms with Crippen LogP contribution in [-0.4, -0.2) is 27.9 Å². The van der Waals surface area contributed by atoms with Crippen molar-refractivity contribution in [2.75, 3.05) is 18.0 Å². The number of halogens is 3. The van der Waals surface area contributed by atoms with E-state index >= 15 is 0 Å².